The van der Waals surface area contributed by atoms with Gasteiger partial charge in [0.05, 0.1) is 19.4 Å². The number of carbonyl (C=O) groups is 2. The van der Waals surface area contributed by atoms with Crippen molar-refractivity contribution in [3.05, 3.63) is 64.2 Å². The number of hydrogen-bond acceptors (Lipinski definition) is 3. The Morgan fingerprint density at radius 3 is 2.40 bits per heavy atom. The molecule has 0 radical (unpaired) electrons. The molecule has 25 heavy (non-hydrogen) atoms. The smallest absolute Gasteiger partial charge is 0.303 e. The summed E-state index contributed by atoms with van der Waals surface area (Å²) in [7, 11) is 1.57. The van der Waals surface area contributed by atoms with E-state index in [1.54, 1.807) is 31.4 Å². The summed E-state index contributed by atoms with van der Waals surface area (Å²) in [5, 5.41) is 9.86. The maximum Gasteiger partial charge on any atom is 0.303 e. The van der Waals surface area contributed by atoms with E-state index in [1.807, 2.05) is 25.1 Å². The predicted octanol–water partition coefficient (Wildman–Crippen LogP) is 4.52. The standard InChI is InChI=1S/C20H19ClO4/c1-11-16(10-18(22)23)17-9-14(25-2)7-8-15(17)19(11)20(24)12-3-5-13(21)6-4-12/h3-9,11,16,19H,10H2,1-2H3,(H,22,23). The van der Waals surface area contributed by atoms with Crippen LogP contribution in [0, 0.1) is 5.92 Å². The summed E-state index contributed by atoms with van der Waals surface area (Å²) in [6, 6.07) is 12.4. The van der Waals surface area contributed by atoms with Gasteiger partial charge >= 0.3 is 5.97 Å². The van der Waals surface area contributed by atoms with E-state index in [2.05, 4.69) is 0 Å². The summed E-state index contributed by atoms with van der Waals surface area (Å²) in [5.41, 5.74) is 2.36. The van der Waals surface area contributed by atoms with Crippen LogP contribution in [0.3, 0.4) is 0 Å². The quantitative estimate of drug-likeness (QED) is 0.798. The van der Waals surface area contributed by atoms with Gasteiger partial charge in [-0.2, -0.15) is 0 Å². The molecule has 2 aromatic rings. The molecule has 2 aromatic carbocycles. The fourth-order valence-electron chi connectivity index (χ4n) is 3.74. The fraction of sp³-hybridized carbons (Fsp3) is 0.300. The van der Waals surface area contributed by atoms with Gasteiger partial charge in [-0.3, -0.25) is 9.59 Å². The lowest BCUT2D eigenvalue weighted by molar-refractivity contribution is -0.137. The monoisotopic (exact) mass is 358 g/mol. The number of carboxylic acid groups (broad SMARTS) is 1. The molecule has 130 valence electrons. The maximum absolute atomic E-state index is 13.1. The highest BCUT2D eigenvalue weighted by atomic mass is 35.5. The van der Waals surface area contributed by atoms with E-state index in [4.69, 9.17) is 16.3 Å². The van der Waals surface area contributed by atoms with Gasteiger partial charge in [0.1, 0.15) is 5.75 Å². The van der Waals surface area contributed by atoms with Gasteiger partial charge in [0.2, 0.25) is 0 Å². The lowest BCUT2D eigenvalue weighted by Gasteiger charge is -2.19. The molecule has 5 heteroatoms. The SMILES string of the molecule is COc1ccc2c(c1)C(CC(=O)O)C(C)C2C(=O)c1ccc(Cl)cc1. The molecule has 4 nitrogen and oxygen atoms in total. The summed E-state index contributed by atoms with van der Waals surface area (Å²) in [6.07, 6.45) is -0.00820. The second kappa shape index (κ2) is 6.89. The first-order valence-corrected chi connectivity index (χ1v) is 8.49. The van der Waals surface area contributed by atoms with Gasteiger partial charge in [-0.25, -0.2) is 0 Å². The third-order valence-corrected chi connectivity index (χ3v) is 5.25. The zero-order chi connectivity index (χ0) is 18.1. The van der Waals surface area contributed by atoms with Crippen molar-refractivity contribution in [2.45, 2.75) is 25.2 Å². The fourth-order valence-corrected chi connectivity index (χ4v) is 3.87. The number of fused-ring (bicyclic) bond motifs is 1. The van der Waals surface area contributed by atoms with Crippen LogP contribution in [0.5, 0.6) is 5.75 Å². The van der Waals surface area contributed by atoms with Crippen molar-refractivity contribution in [1.82, 2.24) is 0 Å². The summed E-state index contributed by atoms with van der Waals surface area (Å²) in [6.45, 7) is 1.94. The van der Waals surface area contributed by atoms with Crippen LogP contribution < -0.4 is 4.74 Å². The molecule has 3 rings (SSSR count). The van der Waals surface area contributed by atoms with E-state index in [0.29, 0.717) is 16.3 Å². The third-order valence-electron chi connectivity index (χ3n) is 4.99. The van der Waals surface area contributed by atoms with Crippen molar-refractivity contribution in [3.63, 3.8) is 0 Å². The highest BCUT2D eigenvalue weighted by Gasteiger charge is 2.42. The average molecular weight is 359 g/mol. The maximum atomic E-state index is 13.1. The van der Waals surface area contributed by atoms with E-state index in [0.717, 1.165) is 11.1 Å². The van der Waals surface area contributed by atoms with Crippen molar-refractivity contribution in [2.75, 3.05) is 7.11 Å². The number of Topliss-reactive ketones (excluding diaryl/α,β-unsaturated/α-hetero) is 1. The number of carboxylic acids is 1. The summed E-state index contributed by atoms with van der Waals surface area (Å²) in [4.78, 5) is 24.4. The summed E-state index contributed by atoms with van der Waals surface area (Å²) < 4.78 is 5.27. The molecular formula is C20H19ClO4. The van der Waals surface area contributed by atoms with E-state index in [9.17, 15) is 14.7 Å². The Bertz CT molecular complexity index is 813. The minimum atomic E-state index is -0.870. The third kappa shape index (κ3) is 3.27. The van der Waals surface area contributed by atoms with Gasteiger partial charge in [0.15, 0.2) is 5.78 Å². The second-order valence-electron chi connectivity index (χ2n) is 6.41. The minimum Gasteiger partial charge on any atom is -0.497 e. The molecule has 0 heterocycles. The highest BCUT2D eigenvalue weighted by Crippen LogP contribution is 2.50. The Hall–Kier alpha value is -2.33. The first-order chi connectivity index (χ1) is 11.9. The van der Waals surface area contributed by atoms with Crippen LogP contribution in [-0.2, 0) is 4.79 Å². The zero-order valence-corrected chi connectivity index (χ0v) is 14.8. The average Bonchev–Trinajstić information content (AvgIpc) is 2.86. The van der Waals surface area contributed by atoms with Gasteiger partial charge in [-0.05, 0) is 59.4 Å². The van der Waals surface area contributed by atoms with E-state index >= 15 is 0 Å². The largest absolute Gasteiger partial charge is 0.497 e. The van der Waals surface area contributed by atoms with Crippen LogP contribution in [0.2, 0.25) is 5.02 Å². The Balaban J connectivity index is 2.04. The van der Waals surface area contributed by atoms with Gasteiger partial charge in [-0.15, -0.1) is 0 Å². The Morgan fingerprint density at radius 1 is 1.12 bits per heavy atom. The number of carbonyl (C=O) groups excluding carboxylic acids is 1. The van der Waals surface area contributed by atoms with Crippen molar-refractivity contribution < 1.29 is 19.4 Å². The molecule has 1 aliphatic carbocycles. The molecule has 1 aliphatic rings. The Morgan fingerprint density at radius 2 is 1.80 bits per heavy atom. The molecule has 3 unspecified atom stereocenters. The number of benzene rings is 2. The Labute approximate surface area is 151 Å². The minimum absolute atomic E-state index is 0.00820. The number of ether oxygens (including phenoxy) is 1. The van der Waals surface area contributed by atoms with Gasteiger partial charge in [0, 0.05) is 10.6 Å². The van der Waals surface area contributed by atoms with Crippen LogP contribution in [0.1, 0.15) is 46.7 Å². The highest BCUT2D eigenvalue weighted by molar-refractivity contribution is 6.30. The normalized spacial score (nSPS) is 21.6. The second-order valence-corrected chi connectivity index (χ2v) is 6.84. The molecule has 0 saturated heterocycles. The van der Waals surface area contributed by atoms with Crippen LogP contribution in [0.4, 0.5) is 0 Å². The first kappa shape index (κ1) is 17.5. The van der Waals surface area contributed by atoms with Crippen molar-refractivity contribution in [2.24, 2.45) is 5.92 Å². The Kier molecular flexibility index (Phi) is 4.82. The molecule has 0 spiro atoms. The van der Waals surface area contributed by atoms with Gasteiger partial charge in [-0.1, -0.05) is 24.6 Å². The number of halogens is 1. The van der Waals surface area contributed by atoms with Gasteiger partial charge < -0.3 is 9.84 Å². The van der Waals surface area contributed by atoms with Crippen LogP contribution >= 0.6 is 11.6 Å². The predicted molar refractivity (Wildman–Crippen MR) is 95.7 cm³/mol. The molecule has 0 aromatic heterocycles. The number of rotatable bonds is 5. The van der Waals surface area contributed by atoms with Crippen LogP contribution in [-0.4, -0.2) is 24.0 Å². The van der Waals surface area contributed by atoms with Crippen LogP contribution in [0.15, 0.2) is 42.5 Å². The van der Waals surface area contributed by atoms with E-state index in [-0.39, 0.29) is 30.0 Å². The lowest BCUT2D eigenvalue weighted by atomic mass is 9.82. The van der Waals surface area contributed by atoms with Gasteiger partial charge in [0.25, 0.3) is 0 Å². The van der Waals surface area contributed by atoms with E-state index in [1.165, 1.54) is 0 Å². The number of aliphatic carboxylic acids is 1. The number of hydrogen-bond donors (Lipinski definition) is 1. The summed E-state index contributed by atoms with van der Waals surface area (Å²) in [5.74, 6) is -0.911. The number of methoxy groups -OCH3 is 1. The lowest BCUT2D eigenvalue weighted by Crippen LogP contribution is -2.19. The molecule has 0 aliphatic heterocycles. The molecular weight excluding hydrogens is 340 g/mol. The van der Waals surface area contributed by atoms with Crippen molar-refractivity contribution in [3.8, 4) is 5.75 Å². The van der Waals surface area contributed by atoms with Crippen LogP contribution in [0.25, 0.3) is 0 Å². The first-order valence-electron chi connectivity index (χ1n) is 8.11. The molecule has 0 amide bonds. The molecule has 0 saturated carbocycles. The number of ketones is 1. The molecule has 1 N–H and O–H groups in total. The molecule has 3 atom stereocenters. The molecule has 0 fully saturated rings. The molecule has 0 bridgehead atoms. The van der Waals surface area contributed by atoms with Crippen molar-refractivity contribution >= 4 is 23.4 Å². The zero-order valence-electron chi connectivity index (χ0n) is 14.0. The van der Waals surface area contributed by atoms with Crippen molar-refractivity contribution in [1.29, 1.82) is 0 Å². The van der Waals surface area contributed by atoms with E-state index < -0.39 is 5.97 Å². The topological polar surface area (TPSA) is 63.6 Å². The summed E-state index contributed by atoms with van der Waals surface area (Å²) >= 11 is 5.91.